The zero-order valence-corrected chi connectivity index (χ0v) is 25.1. The number of piperazine rings is 1. The Morgan fingerprint density at radius 3 is 2.58 bits per heavy atom. The van der Waals surface area contributed by atoms with Crippen LogP contribution in [0.25, 0.3) is 32.9 Å². The van der Waals surface area contributed by atoms with E-state index in [1.165, 1.54) is 25.5 Å². The normalized spacial score (nSPS) is 18.5. The van der Waals surface area contributed by atoms with Gasteiger partial charge in [0.1, 0.15) is 11.3 Å². The van der Waals surface area contributed by atoms with Gasteiger partial charge in [-0.05, 0) is 62.3 Å². The second-order valence-electron chi connectivity index (χ2n) is 12.1. The van der Waals surface area contributed by atoms with Gasteiger partial charge in [-0.2, -0.15) is 10.1 Å². The summed E-state index contributed by atoms with van der Waals surface area (Å²) in [6.45, 7) is 11.0. The number of H-pyrrole nitrogens is 1. The molecular formula is C32H36ClFN8O. The van der Waals surface area contributed by atoms with Crippen LogP contribution in [0.4, 0.5) is 16.2 Å². The predicted molar refractivity (Wildman–Crippen MR) is 169 cm³/mol. The molecule has 2 N–H and O–H groups in total. The molecule has 0 unspecified atom stereocenters. The SMILES string of the molecule is C=CC(=O)N1CCN(c2nc(NC3CCN(CC4CC4)CC3)nc3c(F)c(-c4c(C)ccc5[nH]ncc45)c(Cl)cc23)CC1. The fourth-order valence-electron chi connectivity index (χ4n) is 6.55. The van der Waals surface area contributed by atoms with Gasteiger partial charge in [-0.25, -0.2) is 9.37 Å². The number of likely N-dealkylation sites (tertiary alicyclic amines) is 1. The summed E-state index contributed by atoms with van der Waals surface area (Å²) in [5, 5.41) is 12.3. The first-order valence-electron chi connectivity index (χ1n) is 15.2. The van der Waals surface area contributed by atoms with Crippen molar-refractivity contribution in [1.82, 2.24) is 30.0 Å². The summed E-state index contributed by atoms with van der Waals surface area (Å²) < 4.78 is 16.8. The van der Waals surface area contributed by atoms with Crippen LogP contribution in [0.15, 0.2) is 37.1 Å². The van der Waals surface area contributed by atoms with Crippen molar-refractivity contribution in [2.45, 2.75) is 38.6 Å². The van der Waals surface area contributed by atoms with Crippen LogP contribution in [0.5, 0.6) is 0 Å². The monoisotopic (exact) mass is 602 g/mol. The number of piperidine rings is 1. The smallest absolute Gasteiger partial charge is 0.246 e. The third-order valence-electron chi connectivity index (χ3n) is 9.14. The van der Waals surface area contributed by atoms with Crippen molar-refractivity contribution in [3.05, 3.63) is 53.5 Å². The van der Waals surface area contributed by atoms with Crippen LogP contribution in [0.1, 0.15) is 31.2 Å². The van der Waals surface area contributed by atoms with Gasteiger partial charge in [0.25, 0.3) is 0 Å². The number of anilines is 2. The largest absolute Gasteiger partial charge is 0.352 e. The number of aryl methyl sites for hydroxylation is 1. The number of halogens is 2. The van der Waals surface area contributed by atoms with E-state index in [1.54, 1.807) is 17.2 Å². The van der Waals surface area contributed by atoms with Gasteiger partial charge in [-0.15, -0.1) is 0 Å². The van der Waals surface area contributed by atoms with Gasteiger partial charge in [0.2, 0.25) is 11.9 Å². The molecule has 1 amide bonds. The molecule has 1 aliphatic carbocycles. The Hall–Kier alpha value is -3.76. The van der Waals surface area contributed by atoms with E-state index in [4.69, 9.17) is 21.6 Å². The minimum atomic E-state index is -0.481. The van der Waals surface area contributed by atoms with Crippen molar-refractivity contribution in [3.8, 4) is 11.1 Å². The summed E-state index contributed by atoms with van der Waals surface area (Å²) in [4.78, 5) is 28.4. The highest BCUT2D eigenvalue weighted by Crippen LogP contribution is 2.42. The predicted octanol–water partition coefficient (Wildman–Crippen LogP) is 5.39. The number of benzene rings is 2. The number of amides is 1. The summed E-state index contributed by atoms with van der Waals surface area (Å²) in [7, 11) is 0. The highest BCUT2D eigenvalue weighted by atomic mass is 35.5. The first kappa shape index (κ1) is 28.0. The summed E-state index contributed by atoms with van der Waals surface area (Å²) in [6.07, 6.45) is 7.73. The maximum atomic E-state index is 16.8. The lowest BCUT2D eigenvalue weighted by atomic mass is 9.95. The lowest BCUT2D eigenvalue weighted by Gasteiger charge is -2.36. The third kappa shape index (κ3) is 5.42. The van der Waals surface area contributed by atoms with Crippen LogP contribution in [-0.4, -0.2) is 87.7 Å². The van der Waals surface area contributed by atoms with Gasteiger partial charge in [-0.1, -0.05) is 24.2 Å². The summed E-state index contributed by atoms with van der Waals surface area (Å²) in [6, 6.07) is 5.86. The molecule has 2 aromatic heterocycles. The molecule has 43 heavy (non-hydrogen) atoms. The van der Waals surface area contributed by atoms with Crippen LogP contribution in [0.3, 0.4) is 0 Å². The van der Waals surface area contributed by atoms with Crippen molar-refractivity contribution in [1.29, 1.82) is 0 Å². The van der Waals surface area contributed by atoms with Gasteiger partial charge < -0.3 is 20.0 Å². The molecule has 3 fully saturated rings. The van der Waals surface area contributed by atoms with E-state index in [9.17, 15) is 4.79 Å². The molecule has 2 saturated heterocycles. The number of carbonyl (C=O) groups is 1. The summed E-state index contributed by atoms with van der Waals surface area (Å²) in [5.74, 6) is 1.34. The Morgan fingerprint density at radius 2 is 1.86 bits per heavy atom. The average molecular weight is 603 g/mol. The molecule has 7 rings (SSSR count). The lowest BCUT2D eigenvalue weighted by molar-refractivity contribution is -0.126. The Morgan fingerprint density at radius 1 is 1.09 bits per heavy atom. The van der Waals surface area contributed by atoms with Gasteiger partial charge in [-0.3, -0.25) is 9.89 Å². The molecular weight excluding hydrogens is 567 g/mol. The zero-order chi connectivity index (χ0) is 29.7. The Kier molecular flexibility index (Phi) is 7.43. The van der Waals surface area contributed by atoms with Crippen molar-refractivity contribution in [3.63, 3.8) is 0 Å². The molecule has 9 nitrogen and oxygen atoms in total. The maximum absolute atomic E-state index is 16.8. The second kappa shape index (κ2) is 11.4. The van der Waals surface area contributed by atoms with Crippen LogP contribution >= 0.6 is 11.6 Å². The number of rotatable bonds is 7. The van der Waals surface area contributed by atoms with Gasteiger partial charge >= 0.3 is 0 Å². The fraction of sp³-hybridized carbons (Fsp3) is 0.438. The molecule has 2 aromatic carbocycles. The highest BCUT2D eigenvalue weighted by Gasteiger charge is 2.29. The Bertz CT molecular complexity index is 1700. The quantitative estimate of drug-likeness (QED) is 0.274. The number of hydrogen-bond acceptors (Lipinski definition) is 7. The van der Waals surface area contributed by atoms with Gasteiger partial charge in [0.15, 0.2) is 5.82 Å². The van der Waals surface area contributed by atoms with Crippen molar-refractivity contribution in [2.24, 2.45) is 5.92 Å². The number of aromatic nitrogens is 4. The van der Waals surface area contributed by atoms with Gasteiger partial charge in [0.05, 0.1) is 16.7 Å². The minimum absolute atomic E-state index is 0.0925. The fourth-order valence-corrected chi connectivity index (χ4v) is 6.84. The lowest BCUT2D eigenvalue weighted by Crippen LogP contribution is -2.48. The molecule has 2 aliphatic heterocycles. The molecule has 4 aromatic rings. The van der Waals surface area contributed by atoms with E-state index in [-0.39, 0.29) is 22.5 Å². The van der Waals surface area contributed by atoms with E-state index in [2.05, 4.69) is 31.9 Å². The van der Waals surface area contributed by atoms with Crippen molar-refractivity contribution in [2.75, 3.05) is 56.0 Å². The zero-order valence-electron chi connectivity index (χ0n) is 24.4. The number of nitrogens with one attached hydrogen (secondary N) is 2. The first-order valence-corrected chi connectivity index (χ1v) is 15.6. The van der Waals surface area contributed by atoms with Crippen LogP contribution in [0, 0.1) is 18.7 Å². The van der Waals surface area contributed by atoms with Crippen molar-refractivity contribution >= 4 is 51.1 Å². The number of hydrogen-bond donors (Lipinski definition) is 2. The Labute approximate surface area is 255 Å². The van der Waals surface area contributed by atoms with Gasteiger partial charge in [0, 0.05) is 73.8 Å². The van der Waals surface area contributed by atoms with E-state index >= 15 is 4.39 Å². The second-order valence-corrected chi connectivity index (χ2v) is 12.5. The molecule has 4 heterocycles. The third-order valence-corrected chi connectivity index (χ3v) is 9.44. The maximum Gasteiger partial charge on any atom is 0.246 e. The Balaban J connectivity index is 1.28. The molecule has 0 bridgehead atoms. The van der Waals surface area contributed by atoms with E-state index in [0.717, 1.165) is 48.3 Å². The molecule has 1 saturated carbocycles. The van der Waals surface area contributed by atoms with Crippen LogP contribution in [-0.2, 0) is 4.79 Å². The van der Waals surface area contributed by atoms with E-state index < -0.39 is 5.82 Å². The molecule has 0 atom stereocenters. The number of aromatic amines is 1. The van der Waals surface area contributed by atoms with E-state index in [0.29, 0.717) is 54.5 Å². The molecule has 11 heteroatoms. The standard InChI is InChI=1S/C32H36ClFN8O/c1-3-26(43)41-12-14-42(15-13-41)31-22-16-24(33)28(27-19(2)4-7-25-23(27)17-35-39-25)29(34)30(22)37-32(38-31)36-21-8-10-40(11-9-21)18-20-5-6-20/h3-4,7,16-17,20-21H,1,5-6,8-15,18H2,2H3,(H,35,39)(H,36,37,38). The van der Waals surface area contributed by atoms with Crippen molar-refractivity contribution < 1.29 is 9.18 Å². The molecule has 0 spiro atoms. The first-order chi connectivity index (χ1) is 20.9. The molecule has 0 radical (unpaired) electrons. The molecule has 224 valence electrons. The summed E-state index contributed by atoms with van der Waals surface area (Å²) >= 11 is 6.90. The topological polar surface area (TPSA) is 93.3 Å². The summed E-state index contributed by atoms with van der Waals surface area (Å²) in [5.41, 5.74) is 2.93. The minimum Gasteiger partial charge on any atom is -0.352 e. The average Bonchev–Trinajstić information content (AvgIpc) is 3.71. The highest BCUT2D eigenvalue weighted by molar-refractivity contribution is 6.35. The van der Waals surface area contributed by atoms with Crippen LogP contribution < -0.4 is 10.2 Å². The molecule has 3 aliphatic rings. The van der Waals surface area contributed by atoms with Crippen LogP contribution in [0.2, 0.25) is 5.02 Å². The number of fused-ring (bicyclic) bond motifs is 2. The number of carbonyl (C=O) groups excluding carboxylic acids is 1. The number of nitrogens with zero attached hydrogens (tertiary/aromatic N) is 6. The van der Waals surface area contributed by atoms with E-state index in [1.807, 2.05) is 19.1 Å².